The topological polar surface area (TPSA) is 100 Å². The normalized spacial score (nSPS) is 11.4. The van der Waals surface area contributed by atoms with Crippen LogP contribution in [0.1, 0.15) is 16.8 Å². The van der Waals surface area contributed by atoms with Crippen molar-refractivity contribution in [3.63, 3.8) is 0 Å². The van der Waals surface area contributed by atoms with Gasteiger partial charge in [-0.15, -0.1) is 15.3 Å². The predicted molar refractivity (Wildman–Crippen MR) is 120 cm³/mol. The van der Waals surface area contributed by atoms with Gasteiger partial charge in [0.05, 0.1) is 19.2 Å². The fourth-order valence-corrected chi connectivity index (χ4v) is 4.31. The maximum atomic E-state index is 14.0. The van der Waals surface area contributed by atoms with E-state index in [1.807, 2.05) is 12.1 Å². The van der Waals surface area contributed by atoms with E-state index in [1.165, 1.54) is 51.3 Å². The zero-order valence-electron chi connectivity index (χ0n) is 17.8. The van der Waals surface area contributed by atoms with Gasteiger partial charge in [0.1, 0.15) is 11.5 Å². The number of ether oxygens (including phenoxy) is 1. The molecule has 0 N–H and O–H groups in total. The van der Waals surface area contributed by atoms with Gasteiger partial charge in [0.15, 0.2) is 11.2 Å². The third-order valence-corrected chi connectivity index (χ3v) is 6.01. The number of esters is 1. The Morgan fingerprint density at radius 1 is 1.12 bits per heavy atom. The first-order chi connectivity index (χ1) is 16.0. The standard InChI is InChI=1S/C22H18FN7O2S/c1-13-6-3-4-7-14(13)12-33-22-24-21-26-25-19-17(11-18(31)32-2)27-29(20(19)30(21)28-22)16-9-5-8-15(23)10-16/h3-10H,11-12H2,1-2H3. The summed E-state index contributed by atoms with van der Waals surface area (Å²) in [5, 5.41) is 18.0. The summed E-state index contributed by atoms with van der Waals surface area (Å²) in [5.41, 5.74) is 3.96. The summed E-state index contributed by atoms with van der Waals surface area (Å²) < 4.78 is 21.7. The van der Waals surface area contributed by atoms with Crippen LogP contribution in [0, 0.1) is 12.7 Å². The van der Waals surface area contributed by atoms with Gasteiger partial charge in [0.25, 0.3) is 5.78 Å². The summed E-state index contributed by atoms with van der Waals surface area (Å²) >= 11 is 1.47. The van der Waals surface area contributed by atoms with Crippen molar-refractivity contribution in [2.75, 3.05) is 7.11 Å². The van der Waals surface area contributed by atoms with Crippen molar-refractivity contribution in [2.45, 2.75) is 24.3 Å². The molecule has 0 unspecified atom stereocenters. The number of thioether (sulfide) groups is 1. The highest BCUT2D eigenvalue weighted by atomic mass is 32.2. The second kappa shape index (κ2) is 8.58. The van der Waals surface area contributed by atoms with Crippen LogP contribution in [-0.2, 0) is 21.7 Å². The highest BCUT2D eigenvalue weighted by Gasteiger charge is 2.22. The van der Waals surface area contributed by atoms with Crippen molar-refractivity contribution in [3.8, 4) is 5.69 Å². The molecule has 0 radical (unpaired) electrons. The van der Waals surface area contributed by atoms with E-state index in [9.17, 15) is 9.18 Å². The molecular weight excluding hydrogens is 445 g/mol. The molecule has 3 aromatic heterocycles. The Hall–Kier alpha value is -3.86. The summed E-state index contributed by atoms with van der Waals surface area (Å²) in [6.07, 6.45) is -0.112. The SMILES string of the molecule is COC(=O)Cc1nn(-c2cccc(F)c2)c2c1nnc1nc(SCc3ccccc3C)nn12. The van der Waals surface area contributed by atoms with Crippen LogP contribution in [0.25, 0.3) is 22.6 Å². The Kier molecular flexibility index (Phi) is 5.47. The van der Waals surface area contributed by atoms with Crippen LogP contribution < -0.4 is 0 Å². The molecule has 2 aromatic carbocycles. The maximum Gasteiger partial charge on any atom is 0.311 e. The van der Waals surface area contributed by atoms with E-state index in [-0.39, 0.29) is 12.2 Å². The summed E-state index contributed by atoms with van der Waals surface area (Å²) in [6, 6.07) is 14.1. The molecule has 0 atom stereocenters. The van der Waals surface area contributed by atoms with Gasteiger partial charge < -0.3 is 4.74 Å². The summed E-state index contributed by atoms with van der Waals surface area (Å²) in [6.45, 7) is 2.06. The van der Waals surface area contributed by atoms with E-state index in [0.29, 0.717) is 33.5 Å². The monoisotopic (exact) mass is 463 g/mol. The third kappa shape index (κ3) is 4.02. The Morgan fingerprint density at radius 2 is 1.97 bits per heavy atom. The van der Waals surface area contributed by atoms with Gasteiger partial charge in [-0.05, 0) is 36.2 Å². The van der Waals surface area contributed by atoms with Crippen LogP contribution in [0.2, 0.25) is 0 Å². The molecule has 0 saturated carbocycles. The average molecular weight is 463 g/mol. The highest BCUT2D eigenvalue weighted by molar-refractivity contribution is 7.98. The highest BCUT2D eigenvalue weighted by Crippen LogP contribution is 2.25. The van der Waals surface area contributed by atoms with Gasteiger partial charge in [-0.1, -0.05) is 42.1 Å². The van der Waals surface area contributed by atoms with Crippen molar-refractivity contribution in [3.05, 3.63) is 71.2 Å². The summed E-state index contributed by atoms with van der Waals surface area (Å²) in [7, 11) is 1.30. The molecule has 0 saturated heterocycles. The van der Waals surface area contributed by atoms with Gasteiger partial charge in [-0.2, -0.15) is 14.6 Å². The molecule has 0 fully saturated rings. The number of aryl methyl sites for hydroxylation is 1. The minimum Gasteiger partial charge on any atom is -0.469 e. The molecule has 0 bridgehead atoms. The van der Waals surface area contributed by atoms with E-state index >= 15 is 0 Å². The van der Waals surface area contributed by atoms with E-state index < -0.39 is 11.8 Å². The van der Waals surface area contributed by atoms with E-state index in [1.54, 1.807) is 12.1 Å². The largest absolute Gasteiger partial charge is 0.469 e. The Labute approximate surface area is 191 Å². The lowest BCUT2D eigenvalue weighted by molar-refractivity contribution is -0.139. The smallest absolute Gasteiger partial charge is 0.311 e. The second-order valence-electron chi connectivity index (χ2n) is 7.28. The lowest BCUT2D eigenvalue weighted by Crippen LogP contribution is -2.06. The number of carbonyl (C=O) groups is 1. The number of aromatic nitrogens is 7. The molecule has 5 rings (SSSR count). The zero-order valence-corrected chi connectivity index (χ0v) is 18.6. The number of fused-ring (bicyclic) bond motifs is 3. The first kappa shape index (κ1) is 21.0. The number of hydrogen-bond acceptors (Lipinski definition) is 8. The van der Waals surface area contributed by atoms with Gasteiger partial charge >= 0.3 is 5.97 Å². The van der Waals surface area contributed by atoms with E-state index in [2.05, 4.69) is 44.4 Å². The van der Waals surface area contributed by atoms with Crippen molar-refractivity contribution in [1.82, 2.24) is 34.6 Å². The minimum absolute atomic E-state index is 0.112. The quantitative estimate of drug-likeness (QED) is 0.279. The molecule has 9 nitrogen and oxygen atoms in total. The third-order valence-electron chi connectivity index (χ3n) is 5.13. The van der Waals surface area contributed by atoms with Crippen LogP contribution >= 0.6 is 11.8 Å². The van der Waals surface area contributed by atoms with E-state index in [0.717, 1.165) is 0 Å². The lowest BCUT2D eigenvalue weighted by atomic mass is 10.1. The molecule has 3 heterocycles. The number of carbonyl (C=O) groups excluding carboxylic acids is 1. The first-order valence-electron chi connectivity index (χ1n) is 10.0. The number of rotatable bonds is 6. The van der Waals surface area contributed by atoms with Crippen LogP contribution in [0.15, 0.2) is 53.7 Å². The minimum atomic E-state index is -0.476. The second-order valence-corrected chi connectivity index (χ2v) is 8.23. The zero-order chi connectivity index (χ0) is 22.9. The van der Waals surface area contributed by atoms with Crippen LogP contribution in [0.4, 0.5) is 4.39 Å². The molecule has 0 spiro atoms. The predicted octanol–water partition coefficient (Wildman–Crippen LogP) is 3.31. The van der Waals surface area contributed by atoms with Crippen LogP contribution in [0.3, 0.4) is 0 Å². The van der Waals surface area contributed by atoms with Crippen LogP contribution in [-0.4, -0.2) is 47.7 Å². The summed E-state index contributed by atoms with van der Waals surface area (Å²) in [4.78, 5) is 16.4. The molecule has 11 heteroatoms. The average Bonchev–Trinajstić information content (AvgIpc) is 3.39. The molecule has 166 valence electrons. The van der Waals surface area contributed by atoms with Gasteiger partial charge in [-0.25, -0.2) is 9.07 Å². The van der Waals surface area contributed by atoms with E-state index in [4.69, 9.17) is 4.74 Å². The number of halogens is 1. The Morgan fingerprint density at radius 3 is 2.76 bits per heavy atom. The molecule has 0 aliphatic rings. The maximum absolute atomic E-state index is 14.0. The Balaban J connectivity index is 1.62. The molecule has 0 aliphatic carbocycles. The van der Waals surface area contributed by atoms with Crippen molar-refractivity contribution in [2.24, 2.45) is 0 Å². The first-order valence-corrected chi connectivity index (χ1v) is 11.0. The Bertz CT molecular complexity index is 1500. The molecular formula is C22H18FN7O2S. The van der Waals surface area contributed by atoms with Gasteiger partial charge in [-0.3, -0.25) is 4.79 Å². The van der Waals surface area contributed by atoms with Crippen molar-refractivity contribution in [1.29, 1.82) is 0 Å². The molecule has 5 aromatic rings. The van der Waals surface area contributed by atoms with Crippen molar-refractivity contribution < 1.29 is 13.9 Å². The molecule has 0 aliphatic heterocycles. The fraction of sp³-hybridized carbons (Fsp3) is 0.182. The fourth-order valence-electron chi connectivity index (χ4n) is 3.42. The number of hydrogen-bond donors (Lipinski definition) is 0. The number of nitrogens with zero attached hydrogens (tertiary/aromatic N) is 7. The summed E-state index contributed by atoms with van der Waals surface area (Å²) in [5.74, 6) is 0.0707. The number of methoxy groups -OCH3 is 1. The van der Waals surface area contributed by atoms with Crippen LogP contribution in [0.5, 0.6) is 0 Å². The number of benzene rings is 2. The van der Waals surface area contributed by atoms with Gasteiger partial charge in [0, 0.05) is 5.75 Å². The lowest BCUT2D eigenvalue weighted by Gasteiger charge is -2.03. The van der Waals surface area contributed by atoms with Gasteiger partial charge in [0.2, 0.25) is 5.16 Å². The van der Waals surface area contributed by atoms with Crippen molar-refractivity contribution >= 4 is 34.7 Å². The molecule has 0 amide bonds. The molecule has 33 heavy (non-hydrogen) atoms.